The molecule has 1 aliphatic rings. The molecule has 94 valence electrons. The summed E-state index contributed by atoms with van der Waals surface area (Å²) in [5, 5.41) is 0. The molecule has 0 unspecified atom stereocenters. The van der Waals surface area contributed by atoms with Gasteiger partial charge in [0.25, 0.3) is 0 Å². The summed E-state index contributed by atoms with van der Waals surface area (Å²) in [7, 11) is -2.17. The summed E-state index contributed by atoms with van der Waals surface area (Å²) in [4.78, 5) is -0.146. The number of hydrogen-bond donors (Lipinski definition) is 1. The van der Waals surface area contributed by atoms with Crippen molar-refractivity contribution in [3.05, 3.63) is 24.0 Å². The highest BCUT2D eigenvalue weighted by Crippen LogP contribution is 2.30. The molecule has 2 N–H and O–H groups in total. The molecule has 17 heavy (non-hydrogen) atoms. The number of nitrogen functional groups attached to an aromatic ring is 1. The van der Waals surface area contributed by atoms with Crippen LogP contribution < -0.4 is 5.73 Å². The highest BCUT2D eigenvalue weighted by Gasteiger charge is 2.32. The lowest BCUT2D eigenvalue weighted by molar-refractivity contribution is 0.249. The van der Waals surface area contributed by atoms with Gasteiger partial charge in [0.1, 0.15) is 10.7 Å². The van der Waals surface area contributed by atoms with E-state index in [1.165, 1.54) is 17.4 Å². The highest BCUT2D eigenvalue weighted by atomic mass is 32.2. The van der Waals surface area contributed by atoms with Crippen LogP contribution in [0.4, 0.5) is 10.1 Å². The molecule has 0 bridgehead atoms. The van der Waals surface area contributed by atoms with Gasteiger partial charge in [-0.2, -0.15) is 4.31 Å². The first-order valence-corrected chi connectivity index (χ1v) is 6.90. The van der Waals surface area contributed by atoms with Crippen LogP contribution >= 0.6 is 0 Å². The van der Waals surface area contributed by atoms with E-state index in [4.69, 9.17) is 5.73 Å². The van der Waals surface area contributed by atoms with Crippen molar-refractivity contribution in [2.45, 2.75) is 30.2 Å². The summed E-state index contributed by atoms with van der Waals surface area (Å²) in [6.07, 6.45) is 2.74. The molecule has 2 rings (SSSR count). The van der Waals surface area contributed by atoms with Gasteiger partial charge < -0.3 is 5.73 Å². The molecule has 0 aromatic heterocycles. The number of halogens is 1. The molecular formula is C11H15FN2O2S. The minimum Gasteiger partial charge on any atom is -0.398 e. The van der Waals surface area contributed by atoms with Crippen LogP contribution in [0.2, 0.25) is 0 Å². The van der Waals surface area contributed by atoms with Crippen LogP contribution in [-0.2, 0) is 10.0 Å². The third-order valence-electron chi connectivity index (χ3n) is 3.22. The van der Waals surface area contributed by atoms with Crippen LogP contribution in [0, 0.1) is 5.82 Å². The van der Waals surface area contributed by atoms with Crippen molar-refractivity contribution in [2.24, 2.45) is 0 Å². The van der Waals surface area contributed by atoms with Crippen molar-refractivity contribution >= 4 is 15.7 Å². The molecule has 0 atom stereocenters. The third kappa shape index (κ3) is 2.14. The molecule has 0 spiro atoms. The van der Waals surface area contributed by atoms with Gasteiger partial charge in [0.05, 0.1) is 5.69 Å². The second-order valence-electron chi connectivity index (χ2n) is 4.29. The van der Waals surface area contributed by atoms with Crippen molar-refractivity contribution in [1.29, 1.82) is 0 Å². The smallest absolute Gasteiger partial charge is 0.245 e. The molecule has 0 saturated heterocycles. The average molecular weight is 258 g/mol. The first kappa shape index (κ1) is 12.3. The van der Waals surface area contributed by atoms with Crippen molar-refractivity contribution < 1.29 is 12.8 Å². The molecule has 1 aromatic rings. The maximum absolute atomic E-state index is 13.1. The summed E-state index contributed by atoms with van der Waals surface area (Å²) < 4.78 is 38.8. The Morgan fingerprint density at radius 3 is 2.59 bits per heavy atom. The Morgan fingerprint density at radius 2 is 2.06 bits per heavy atom. The molecule has 0 heterocycles. The Hall–Kier alpha value is -1.14. The topological polar surface area (TPSA) is 63.4 Å². The van der Waals surface area contributed by atoms with Gasteiger partial charge in [-0.15, -0.1) is 0 Å². The van der Waals surface area contributed by atoms with Gasteiger partial charge >= 0.3 is 0 Å². The Morgan fingerprint density at radius 1 is 1.41 bits per heavy atom. The highest BCUT2D eigenvalue weighted by molar-refractivity contribution is 7.89. The Labute approximate surface area is 100 Å². The lowest BCUT2D eigenvalue weighted by Gasteiger charge is -2.33. The van der Waals surface area contributed by atoms with E-state index >= 15 is 0 Å². The number of sulfonamides is 1. The fraction of sp³-hybridized carbons (Fsp3) is 0.455. The molecular weight excluding hydrogens is 243 g/mol. The van der Waals surface area contributed by atoms with Crippen LogP contribution in [0.1, 0.15) is 19.3 Å². The normalized spacial score (nSPS) is 17.1. The molecule has 0 amide bonds. The van der Waals surface area contributed by atoms with Crippen molar-refractivity contribution in [3.63, 3.8) is 0 Å². The quantitative estimate of drug-likeness (QED) is 0.837. The second kappa shape index (κ2) is 4.27. The SMILES string of the molecule is CN(C1CCC1)S(=O)(=O)c1cc(F)ccc1N. The Balaban J connectivity index is 2.39. The van der Waals surface area contributed by atoms with Gasteiger partial charge in [0, 0.05) is 13.1 Å². The van der Waals surface area contributed by atoms with E-state index in [9.17, 15) is 12.8 Å². The summed E-state index contributed by atoms with van der Waals surface area (Å²) in [5.41, 5.74) is 5.68. The number of nitrogens with zero attached hydrogens (tertiary/aromatic N) is 1. The second-order valence-corrected chi connectivity index (χ2v) is 6.25. The van der Waals surface area contributed by atoms with E-state index in [-0.39, 0.29) is 16.6 Å². The third-order valence-corrected chi connectivity index (χ3v) is 5.19. The number of hydrogen-bond acceptors (Lipinski definition) is 3. The molecule has 4 nitrogen and oxygen atoms in total. The largest absolute Gasteiger partial charge is 0.398 e. The standard InChI is InChI=1S/C11H15FN2O2S/c1-14(9-3-2-4-9)17(15,16)11-7-8(12)5-6-10(11)13/h5-7,9H,2-4,13H2,1H3. The predicted molar refractivity (Wildman–Crippen MR) is 63.4 cm³/mol. The van der Waals surface area contributed by atoms with Crippen molar-refractivity contribution in [3.8, 4) is 0 Å². The van der Waals surface area contributed by atoms with E-state index in [2.05, 4.69) is 0 Å². The van der Waals surface area contributed by atoms with E-state index in [1.807, 2.05) is 0 Å². The first-order valence-electron chi connectivity index (χ1n) is 5.46. The Kier molecular flexibility index (Phi) is 3.09. The Bertz CT molecular complexity index is 526. The summed E-state index contributed by atoms with van der Waals surface area (Å²) in [6.45, 7) is 0. The van der Waals surface area contributed by atoms with Gasteiger partial charge in [0.15, 0.2) is 0 Å². The maximum Gasteiger partial charge on any atom is 0.245 e. The molecule has 1 aliphatic carbocycles. The van der Waals surface area contributed by atoms with Gasteiger partial charge in [0.2, 0.25) is 10.0 Å². The van der Waals surface area contributed by atoms with E-state index in [0.717, 1.165) is 31.4 Å². The van der Waals surface area contributed by atoms with Crippen molar-refractivity contribution in [2.75, 3.05) is 12.8 Å². The van der Waals surface area contributed by atoms with Crippen LogP contribution in [0.3, 0.4) is 0 Å². The van der Waals surface area contributed by atoms with Gasteiger partial charge in [-0.05, 0) is 31.0 Å². The minimum atomic E-state index is -3.68. The summed E-state index contributed by atoms with van der Waals surface area (Å²) in [6, 6.07) is 3.41. The number of rotatable bonds is 3. The number of benzene rings is 1. The monoisotopic (exact) mass is 258 g/mol. The van der Waals surface area contributed by atoms with Crippen molar-refractivity contribution in [1.82, 2.24) is 4.31 Å². The number of nitrogens with two attached hydrogens (primary N) is 1. The minimum absolute atomic E-state index is 0.0164. The van der Waals surface area contributed by atoms with E-state index in [0.29, 0.717) is 0 Å². The fourth-order valence-corrected chi connectivity index (χ4v) is 3.37. The molecule has 0 aliphatic heterocycles. The van der Waals surface area contributed by atoms with Gasteiger partial charge in [-0.3, -0.25) is 0 Å². The lowest BCUT2D eigenvalue weighted by atomic mass is 9.94. The van der Waals surface area contributed by atoms with Crippen LogP contribution in [0.5, 0.6) is 0 Å². The summed E-state index contributed by atoms with van der Waals surface area (Å²) >= 11 is 0. The molecule has 1 saturated carbocycles. The van der Waals surface area contributed by atoms with Crippen LogP contribution in [-0.4, -0.2) is 25.8 Å². The maximum atomic E-state index is 13.1. The van der Waals surface area contributed by atoms with Gasteiger partial charge in [-0.1, -0.05) is 6.42 Å². The lowest BCUT2D eigenvalue weighted by Crippen LogP contribution is -2.41. The zero-order chi connectivity index (χ0) is 12.6. The van der Waals surface area contributed by atoms with Crippen LogP contribution in [0.25, 0.3) is 0 Å². The molecule has 0 radical (unpaired) electrons. The van der Waals surface area contributed by atoms with Gasteiger partial charge in [-0.25, -0.2) is 12.8 Å². The zero-order valence-electron chi connectivity index (χ0n) is 9.56. The zero-order valence-corrected chi connectivity index (χ0v) is 10.4. The van der Waals surface area contributed by atoms with E-state index in [1.54, 1.807) is 0 Å². The van der Waals surface area contributed by atoms with Crippen LogP contribution in [0.15, 0.2) is 23.1 Å². The molecule has 6 heteroatoms. The average Bonchev–Trinajstić information content (AvgIpc) is 2.19. The summed E-state index contributed by atoms with van der Waals surface area (Å²) in [5.74, 6) is -0.597. The fourth-order valence-electron chi connectivity index (χ4n) is 1.83. The first-order chi connectivity index (χ1) is 7.93. The predicted octanol–water partition coefficient (Wildman–Crippen LogP) is 1.58. The van der Waals surface area contributed by atoms with E-state index < -0.39 is 15.8 Å². The number of anilines is 1. The molecule has 1 fully saturated rings. The molecule has 1 aromatic carbocycles.